The first-order valence-electron chi connectivity index (χ1n) is 14.8. The number of aliphatic imine (C=N–C) groups is 1. The lowest BCUT2D eigenvalue weighted by molar-refractivity contribution is -0.121. The number of nitrogens with one attached hydrogen (secondary N) is 2. The number of aromatic nitrogens is 3. The fourth-order valence-corrected chi connectivity index (χ4v) is 8.78. The Morgan fingerprint density at radius 1 is 1.04 bits per heavy atom. The van der Waals surface area contributed by atoms with Crippen LogP contribution < -0.4 is 20.6 Å². The van der Waals surface area contributed by atoms with Crippen LogP contribution in [0, 0.1) is 6.92 Å². The summed E-state index contributed by atoms with van der Waals surface area (Å²) in [5.41, 5.74) is 3.66. The van der Waals surface area contributed by atoms with E-state index in [4.69, 9.17) is 21.3 Å². The van der Waals surface area contributed by atoms with Crippen molar-refractivity contribution in [3.8, 4) is 11.4 Å². The number of hydrogen-bond donors (Lipinski definition) is 3. The maximum absolute atomic E-state index is 13.3. The van der Waals surface area contributed by atoms with E-state index in [0.29, 0.717) is 33.7 Å². The van der Waals surface area contributed by atoms with Crippen LogP contribution in [-0.4, -0.2) is 65.6 Å². The fourth-order valence-electron chi connectivity index (χ4n) is 5.55. The summed E-state index contributed by atoms with van der Waals surface area (Å²) in [4.78, 5) is 41.9. The van der Waals surface area contributed by atoms with Crippen LogP contribution in [-0.2, 0) is 4.79 Å². The molecule has 0 radical (unpaired) electrons. The lowest BCUT2D eigenvalue weighted by Gasteiger charge is -2.14. The van der Waals surface area contributed by atoms with Gasteiger partial charge in [0.05, 0.1) is 24.9 Å². The first-order chi connectivity index (χ1) is 22.0. The number of nitrogens with zero attached hydrogens (tertiary/aromatic N) is 4. The van der Waals surface area contributed by atoms with E-state index < -0.39 is 14.4 Å². The van der Waals surface area contributed by atoms with Gasteiger partial charge in [-0.3, -0.25) is 19.1 Å². The third kappa shape index (κ3) is 6.34. The number of methoxy groups -OCH3 is 1. The van der Waals surface area contributed by atoms with Crippen molar-refractivity contribution in [1.29, 1.82) is 0 Å². The molecule has 1 aliphatic heterocycles. The number of benzene rings is 3. The third-order valence-corrected chi connectivity index (χ3v) is 11.0. The number of rotatable bonds is 9. The molecule has 2 amide bonds. The number of amides is 2. The summed E-state index contributed by atoms with van der Waals surface area (Å²) in [6.45, 7) is 6.06. The lowest BCUT2D eigenvalue weighted by Crippen LogP contribution is -2.40. The summed E-state index contributed by atoms with van der Waals surface area (Å²) in [5.74, 6) is 1.39. The van der Waals surface area contributed by atoms with Crippen molar-refractivity contribution in [2.45, 2.75) is 32.5 Å². The van der Waals surface area contributed by atoms with Crippen molar-refractivity contribution in [2.75, 3.05) is 20.2 Å². The molecular weight excluding hydrogens is 640 g/mol. The molecular formula is C33H33ClN6O4SSi. The Labute approximate surface area is 276 Å². The molecule has 0 aliphatic carbocycles. The van der Waals surface area contributed by atoms with Crippen molar-refractivity contribution in [3.05, 3.63) is 99.4 Å². The van der Waals surface area contributed by atoms with Gasteiger partial charge >= 0.3 is 0 Å². The van der Waals surface area contributed by atoms with Crippen molar-refractivity contribution < 1.29 is 19.1 Å². The van der Waals surface area contributed by atoms with Gasteiger partial charge in [0.15, 0.2) is 5.82 Å². The molecule has 2 aromatic heterocycles. The predicted molar refractivity (Wildman–Crippen MR) is 184 cm³/mol. The van der Waals surface area contributed by atoms with Crippen LogP contribution in [0.2, 0.25) is 18.1 Å². The topological polar surface area (TPSA) is 131 Å². The normalized spacial score (nSPS) is 14.2. The van der Waals surface area contributed by atoms with Crippen LogP contribution in [0.1, 0.15) is 45.6 Å². The van der Waals surface area contributed by atoms with E-state index in [0.717, 1.165) is 32.1 Å². The van der Waals surface area contributed by atoms with Crippen molar-refractivity contribution >= 4 is 64.1 Å². The van der Waals surface area contributed by atoms with Gasteiger partial charge in [0.2, 0.25) is 14.2 Å². The van der Waals surface area contributed by atoms with Gasteiger partial charge < -0.3 is 20.2 Å². The summed E-state index contributed by atoms with van der Waals surface area (Å²) >= 11 is 7.75. The molecule has 0 saturated heterocycles. The number of halogens is 1. The van der Waals surface area contributed by atoms with Crippen molar-refractivity contribution in [2.24, 2.45) is 4.99 Å². The van der Waals surface area contributed by atoms with Gasteiger partial charge in [-0.15, -0.1) is 21.5 Å². The van der Waals surface area contributed by atoms with Crippen LogP contribution in [0.25, 0.3) is 15.8 Å². The Bertz CT molecular complexity index is 1980. The van der Waals surface area contributed by atoms with Crippen LogP contribution in [0.3, 0.4) is 0 Å². The molecule has 0 bridgehead atoms. The number of carbonyl (C=O) groups is 2. The van der Waals surface area contributed by atoms with E-state index in [9.17, 15) is 14.4 Å². The maximum Gasteiger partial charge on any atom is 0.251 e. The highest BCUT2D eigenvalue weighted by Crippen LogP contribution is 2.34. The molecule has 236 valence electrons. The number of hydrogen-bond acceptors (Lipinski definition) is 8. The molecule has 5 aromatic rings. The molecule has 0 unspecified atom stereocenters. The Hall–Kier alpha value is -4.36. The second-order valence-corrected chi connectivity index (χ2v) is 16.6. The zero-order chi connectivity index (χ0) is 32.6. The van der Waals surface area contributed by atoms with E-state index in [1.165, 1.54) is 0 Å². The van der Waals surface area contributed by atoms with E-state index in [1.807, 2.05) is 72.4 Å². The van der Waals surface area contributed by atoms with Crippen molar-refractivity contribution in [1.82, 2.24) is 25.4 Å². The van der Waals surface area contributed by atoms with Gasteiger partial charge in [-0.05, 0) is 84.5 Å². The maximum atomic E-state index is 13.3. The second kappa shape index (κ2) is 12.8. The summed E-state index contributed by atoms with van der Waals surface area (Å²) in [6.07, 6.45) is 0.0206. The molecule has 46 heavy (non-hydrogen) atoms. The SMILES string of the molecule is COc1ccc2c(c1)C(c1ccc(Cl)cc1)=N[C@@H](CC(=O)NCCNC(=O)c1ccc3scc([Si](C)(C)O)c3c1)c1nnc(C)n1-2. The molecule has 3 heterocycles. The quantitative estimate of drug-likeness (QED) is 0.154. The summed E-state index contributed by atoms with van der Waals surface area (Å²) in [5, 5.41) is 18.9. The van der Waals surface area contributed by atoms with E-state index >= 15 is 0 Å². The van der Waals surface area contributed by atoms with Crippen molar-refractivity contribution in [3.63, 3.8) is 0 Å². The Morgan fingerprint density at radius 3 is 2.54 bits per heavy atom. The Morgan fingerprint density at radius 2 is 1.80 bits per heavy atom. The third-order valence-electron chi connectivity index (χ3n) is 7.86. The minimum absolute atomic E-state index is 0.0206. The fraction of sp³-hybridized carbons (Fsp3) is 0.242. The standard InChI is InChI=1S/C33H33ClN6O4SSi/c1-19-38-39-32-26(37-31(20-5-8-22(34)9-6-20)24-16-23(44-2)10-11-27(24)40(19)32)17-30(41)35-13-14-36-33(42)21-7-12-28-25(15-21)29(18-45-28)46(3,4)43/h5-12,15-16,18,26,43H,13-14,17H2,1-4H3,(H,35,41)(H,36,42)/t26-/m0/s1. The highest BCUT2D eigenvalue weighted by atomic mass is 35.5. The summed E-state index contributed by atoms with van der Waals surface area (Å²) in [7, 11) is -0.926. The van der Waals surface area contributed by atoms with Gasteiger partial charge in [-0.25, -0.2) is 0 Å². The molecule has 6 rings (SSSR count). The van der Waals surface area contributed by atoms with Gasteiger partial charge in [0.25, 0.3) is 5.91 Å². The largest absolute Gasteiger partial charge is 0.497 e. The zero-order valence-electron chi connectivity index (χ0n) is 25.8. The number of aryl methyl sites for hydroxylation is 1. The highest BCUT2D eigenvalue weighted by molar-refractivity contribution is 7.19. The molecule has 0 saturated carbocycles. The van der Waals surface area contributed by atoms with Gasteiger partial charge in [-0.2, -0.15) is 0 Å². The smallest absolute Gasteiger partial charge is 0.251 e. The highest BCUT2D eigenvalue weighted by Gasteiger charge is 2.30. The van der Waals surface area contributed by atoms with Crippen LogP contribution in [0.4, 0.5) is 0 Å². The minimum atomic E-state index is -2.54. The zero-order valence-corrected chi connectivity index (χ0v) is 28.4. The molecule has 1 aliphatic rings. The molecule has 0 fully saturated rings. The van der Waals surface area contributed by atoms with E-state index in [-0.39, 0.29) is 31.3 Å². The monoisotopic (exact) mass is 672 g/mol. The Kier molecular flexibility index (Phi) is 8.79. The second-order valence-electron chi connectivity index (χ2n) is 11.6. The number of ether oxygens (including phenoxy) is 1. The number of carbonyl (C=O) groups excluding carboxylic acids is 2. The van der Waals surface area contributed by atoms with Gasteiger partial charge in [0.1, 0.15) is 17.6 Å². The molecule has 3 N–H and O–H groups in total. The molecule has 1 atom stereocenters. The molecule has 3 aromatic carbocycles. The predicted octanol–water partition coefficient (Wildman–Crippen LogP) is 4.69. The molecule has 13 heteroatoms. The van der Waals surface area contributed by atoms with Gasteiger partial charge in [-0.1, -0.05) is 23.7 Å². The number of fused-ring (bicyclic) bond motifs is 4. The van der Waals surface area contributed by atoms with E-state index in [1.54, 1.807) is 36.6 Å². The Balaban J connectivity index is 1.18. The first-order valence-corrected chi connectivity index (χ1v) is 19.0. The summed E-state index contributed by atoms with van der Waals surface area (Å²) < 4.78 is 8.49. The molecule has 10 nitrogen and oxygen atoms in total. The van der Waals surface area contributed by atoms with Crippen LogP contribution in [0.5, 0.6) is 5.75 Å². The first kappa shape index (κ1) is 31.6. The van der Waals surface area contributed by atoms with Gasteiger partial charge in [0, 0.05) is 39.5 Å². The average molecular weight is 673 g/mol. The average Bonchev–Trinajstić information content (AvgIpc) is 3.61. The number of thiophene rings is 1. The lowest BCUT2D eigenvalue weighted by atomic mass is 10.00. The minimum Gasteiger partial charge on any atom is -0.497 e. The molecule has 0 spiro atoms. The van der Waals surface area contributed by atoms with E-state index in [2.05, 4.69) is 20.8 Å². The van der Waals surface area contributed by atoms with Crippen LogP contribution >= 0.6 is 22.9 Å². The summed E-state index contributed by atoms with van der Waals surface area (Å²) in [6, 6.07) is 18.0. The van der Waals surface area contributed by atoms with Crippen LogP contribution in [0.15, 0.2) is 71.0 Å².